The lowest BCUT2D eigenvalue weighted by Gasteiger charge is -2.19. The number of aryl methyl sites for hydroxylation is 2. The maximum Gasteiger partial charge on any atom is 0.238 e. The molecule has 12 heteroatoms. The van der Waals surface area contributed by atoms with E-state index in [0.717, 1.165) is 22.3 Å². The second-order valence-corrected chi connectivity index (χ2v) is 8.47. The molecule has 4 aromatic rings. The molecule has 0 spiro atoms. The fraction of sp³-hybridized carbons (Fsp3) is 0.150. The van der Waals surface area contributed by atoms with Gasteiger partial charge in [0.15, 0.2) is 0 Å². The number of hydrogen-bond donors (Lipinski definition) is 2. The zero-order valence-corrected chi connectivity index (χ0v) is 20.0. The lowest BCUT2D eigenvalue weighted by atomic mass is 10.2. The standard InChI is InChI=1S/C20H21N7O2S.2ClH/c1-13-17-8-7-15(12-18(17)25-27(13)3)26(2)19-9-10-22-20(24-19)23-14-5-4-6-16(11-14)30(21,28)29;;/h4-12H,1-3H3,(H2,21,28,29)(H,22,23,24);2*1H. The molecule has 0 saturated carbocycles. The van der Waals surface area contributed by atoms with E-state index in [4.69, 9.17) is 5.14 Å². The molecule has 2 aromatic heterocycles. The van der Waals surface area contributed by atoms with E-state index in [1.165, 1.54) is 12.1 Å². The van der Waals surface area contributed by atoms with Crippen LogP contribution in [0.15, 0.2) is 59.6 Å². The van der Waals surface area contributed by atoms with E-state index in [9.17, 15) is 8.42 Å². The SMILES string of the molecule is Cc1c2ccc(N(C)c3ccnc(Nc4cccc(S(N)(=O)=O)c4)n3)cc2nn1C.Cl.Cl. The van der Waals surface area contributed by atoms with Gasteiger partial charge >= 0.3 is 0 Å². The Morgan fingerprint density at radius 3 is 2.56 bits per heavy atom. The minimum absolute atomic E-state index is 0. The van der Waals surface area contributed by atoms with Crippen LogP contribution in [-0.2, 0) is 17.1 Å². The maximum absolute atomic E-state index is 11.6. The van der Waals surface area contributed by atoms with Gasteiger partial charge in [-0.2, -0.15) is 10.1 Å². The Morgan fingerprint density at radius 1 is 1.09 bits per heavy atom. The number of primary sulfonamides is 1. The van der Waals surface area contributed by atoms with Crippen molar-refractivity contribution in [2.24, 2.45) is 12.2 Å². The topological polar surface area (TPSA) is 119 Å². The number of hydrogen-bond acceptors (Lipinski definition) is 7. The minimum atomic E-state index is -3.79. The van der Waals surface area contributed by atoms with Gasteiger partial charge in [-0.1, -0.05) is 6.07 Å². The summed E-state index contributed by atoms with van der Waals surface area (Å²) in [4.78, 5) is 10.7. The molecule has 32 heavy (non-hydrogen) atoms. The summed E-state index contributed by atoms with van der Waals surface area (Å²) in [7, 11) is 0.0387. The highest BCUT2D eigenvalue weighted by molar-refractivity contribution is 7.89. The Hall–Kier alpha value is -2.92. The van der Waals surface area contributed by atoms with Crippen molar-refractivity contribution in [1.82, 2.24) is 19.7 Å². The van der Waals surface area contributed by atoms with Crippen LogP contribution >= 0.6 is 24.8 Å². The number of nitrogens with one attached hydrogen (secondary N) is 1. The number of nitrogens with zero attached hydrogens (tertiary/aromatic N) is 5. The van der Waals surface area contributed by atoms with Crippen LogP contribution in [0, 0.1) is 6.92 Å². The molecule has 0 aliphatic rings. The number of fused-ring (bicyclic) bond motifs is 1. The molecule has 0 bridgehead atoms. The predicted octanol–water partition coefficient (Wildman–Crippen LogP) is 3.67. The molecule has 9 nitrogen and oxygen atoms in total. The molecule has 0 radical (unpaired) electrons. The molecule has 0 aliphatic carbocycles. The van der Waals surface area contributed by atoms with Crippen LogP contribution in [0.25, 0.3) is 10.9 Å². The van der Waals surface area contributed by atoms with Crippen LogP contribution in [0.5, 0.6) is 0 Å². The smallest absolute Gasteiger partial charge is 0.238 e. The van der Waals surface area contributed by atoms with Crippen molar-refractivity contribution in [1.29, 1.82) is 0 Å². The second-order valence-electron chi connectivity index (χ2n) is 6.91. The largest absolute Gasteiger partial charge is 0.329 e. The summed E-state index contributed by atoms with van der Waals surface area (Å²) in [6.45, 7) is 2.03. The molecule has 3 N–H and O–H groups in total. The minimum Gasteiger partial charge on any atom is -0.329 e. The first-order valence-corrected chi connectivity index (χ1v) is 10.7. The molecule has 0 fully saturated rings. The Morgan fingerprint density at radius 2 is 1.84 bits per heavy atom. The lowest BCUT2D eigenvalue weighted by molar-refractivity contribution is 0.598. The second kappa shape index (κ2) is 9.70. The van der Waals surface area contributed by atoms with Gasteiger partial charge in [-0.3, -0.25) is 4.68 Å². The van der Waals surface area contributed by atoms with Gasteiger partial charge < -0.3 is 10.2 Å². The van der Waals surface area contributed by atoms with Crippen molar-refractivity contribution in [3.8, 4) is 0 Å². The number of benzene rings is 2. The van der Waals surface area contributed by atoms with Gasteiger partial charge in [0.25, 0.3) is 0 Å². The molecule has 170 valence electrons. The van der Waals surface area contributed by atoms with Gasteiger partial charge in [-0.25, -0.2) is 18.5 Å². The van der Waals surface area contributed by atoms with Gasteiger partial charge in [-0.15, -0.1) is 24.8 Å². The number of anilines is 4. The van der Waals surface area contributed by atoms with Crippen molar-refractivity contribution >= 4 is 68.9 Å². The van der Waals surface area contributed by atoms with Crippen LogP contribution in [0.4, 0.5) is 23.1 Å². The highest BCUT2D eigenvalue weighted by atomic mass is 35.5. The molecule has 0 amide bonds. The summed E-state index contributed by atoms with van der Waals surface area (Å²) < 4.78 is 25.0. The summed E-state index contributed by atoms with van der Waals surface area (Å²) in [5, 5.41) is 13.9. The number of rotatable bonds is 5. The fourth-order valence-electron chi connectivity index (χ4n) is 3.14. The monoisotopic (exact) mass is 495 g/mol. The first-order valence-electron chi connectivity index (χ1n) is 9.12. The van der Waals surface area contributed by atoms with Crippen molar-refractivity contribution in [3.63, 3.8) is 0 Å². The Labute approximate surface area is 198 Å². The predicted molar refractivity (Wildman–Crippen MR) is 131 cm³/mol. The lowest BCUT2D eigenvalue weighted by Crippen LogP contribution is -2.13. The zero-order chi connectivity index (χ0) is 21.5. The van der Waals surface area contributed by atoms with Gasteiger partial charge in [0.05, 0.1) is 10.4 Å². The molecule has 0 unspecified atom stereocenters. The van der Waals surface area contributed by atoms with E-state index in [1.807, 2.05) is 48.8 Å². The summed E-state index contributed by atoms with van der Waals surface area (Å²) in [6, 6.07) is 14.0. The van der Waals surface area contributed by atoms with Crippen molar-refractivity contribution < 1.29 is 8.42 Å². The molecular formula is C20H23Cl2N7O2S. The number of aromatic nitrogens is 4. The normalized spacial score (nSPS) is 10.9. The van der Waals surface area contributed by atoms with Crippen LogP contribution < -0.4 is 15.4 Å². The molecule has 0 aliphatic heterocycles. The van der Waals surface area contributed by atoms with Gasteiger partial charge in [0.2, 0.25) is 16.0 Å². The summed E-state index contributed by atoms with van der Waals surface area (Å²) in [5.74, 6) is 1.00. The average molecular weight is 496 g/mol. The first kappa shape index (κ1) is 25.3. The Bertz CT molecular complexity index is 1360. The average Bonchev–Trinajstić information content (AvgIpc) is 3.00. The van der Waals surface area contributed by atoms with Gasteiger partial charge in [0.1, 0.15) is 5.82 Å². The number of sulfonamides is 1. The first-order chi connectivity index (χ1) is 14.2. The summed E-state index contributed by atoms with van der Waals surface area (Å²) in [6.07, 6.45) is 1.63. The van der Waals surface area contributed by atoms with E-state index >= 15 is 0 Å². The molecule has 4 rings (SSSR count). The zero-order valence-electron chi connectivity index (χ0n) is 17.6. The van der Waals surface area contributed by atoms with Gasteiger partial charge in [0, 0.05) is 42.7 Å². The summed E-state index contributed by atoms with van der Waals surface area (Å²) >= 11 is 0. The third kappa shape index (κ3) is 5.10. The van der Waals surface area contributed by atoms with Crippen LogP contribution in [0.1, 0.15) is 5.69 Å². The molecule has 2 heterocycles. The van der Waals surface area contributed by atoms with Crippen LogP contribution in [0.2, 0.25) is 0 Å². The van der Waals surface area contributed by atoms with Crippen molar-refractivity contribution in [2.45, 2.75) is 11.8 Å². The highest BCUT2D eigenvalue weighted by Gasteiger charge is 2.12. The van der Waals surface area contributed by atoms with E-state index in [1.54, 1.807) is 24.4 Å². The molecule has 0 saturated heterocycles. The van der Waals surface area contributed by atoms with E-state index in [2.05, 4.69) is 20.4 Å². The van der Waals surface area contributed by atoms with Crippen LogP contribution in [0.3, 0.4) is 0 Å². The number of nitrogens with two attached hydrogens (primary N) is 1. The van der Waals surface area contributed by atoms with E-state index < -0.39 is 10.0 Å². The summed E-state index contributed by atoms with van der Waals surface area (Å²) in [5.41, 5.74) is 3.47. The third-order valence-corrected chi connectivity index (χ3v) is 5.82. The quantitative estimate of drug-likeness (QED) is 0.433. The Kier molecular flexibility index (Phi) is 7.68. The number of halogens is 2. The van der Waals surface area contributed by atoms with E-state index in [0.29, 0.717) is 17.5 Å². The van der Waals surface area contributed by atoms with Gasteiger partial charge in [-0.05, 0) is 49.4 Å². The van der Waals surface area contributed by atoms with Crippen LogP contribution in [-0.4, -0.2) is 35.2 Å². The Balaban J connectivity index is 0.00000181. The highest BCUT2D eigenvalue weighted by Crippen LogP contribution is 2.27. The molecule has 0 atom stereocenters. The van der Waals surface area contributed by atoms with Crippen molar-refractivity contribution in [3.05, 3.63) is 60.4 Å². The third-order valence-electron chi connectivity index (χ3n) is 4.90. The fourth-order valence-corrected chi connectivity index (χ4v) is 3.70. The maximum atomic E-state index is 11.6. The van der Waals surface area contributed by atoms with E-state index in [-0.39, 0.29) is 29.7 Å². The van der Waals surface area contributed by atoms with Crippen molar-refractivity contribution in [2.75, 3.05) is 17.3 Å². The molecule has 2 aromatic carbocycles. The molecular weight excluding hydrogens is 473 g/mol.